The maximum Gasteiger partial charge on any atom is 0.193 e. The van der Waals surface area contributed by atoms with Gasteiger partial charge in [0.2, 0.25) is 0 Å². The van der Waals surface area contributed by atoms with Crippen LogP contribution in [0.3, 0.4) is 0 Å². The minimum Gasteiger partial charge on any atom is -0.508 e. The molecule has 0 aliphatic heterocycles. The van der Waals surface area contributed by atoms with Crippen molar-refractivity contribution >= 4 is 21.7 Å². The van der Waals surface area contributed by atoms with Gasteiger partial charge in [0.05, 0.1) is 0 Å². The summed E-state index contributed by atoms with van der Waals surface area (Å²) < 4.78 is 0.799. The summed E-state index contributed by atoms with van der Waals surface area (Å²) in [5.74, 6) is -0.524. The molecule has 0 radical (unpaired) electrons. The van der Waals surface area contributed by atoms with Crippen LogP contribution in [0.15, 0.2) is 46.9 Å². The highest BCUT2D eigenvalue weighted by Crippen LogP contribution is 2.23. The quantitative estimate of drug-likeness (QED) is 0.836. The van der Waals surface area contributed by atoms with E-state index in [0.29, 0.717) is 5.56 Å². The number of ketones is 1. The number of phenols is 2. The van der Waals surface area contributed by atoms with Gasteiger partial charge in [-0.25, -0.2) is 0 Å². The standard InChI is InChI=1S/C13H9BrO3/c14-10-3-1-2-8(4-10)13(17)9-5-11(15)7-12(16)6-9/h1-7,15-16H. The van der Waals surface area contributed by atoms with Gasteiger partial charge in [-0.3, -0.25) is 4.79 Å². The van der Waals surface area contributed by atoms with Crippen LogP contribution in [-0.2, 0) is 0 Å². The lowest BCUT2D eigenvalue weighted by Crippen LogP contribution is -2.00. The largest absolute Gasteiger partial charge is 0.508 e. The first-order valence-corrected chi connectivity index (χ1v) is 5.69. The predicted octanol–water partition coefficient (Wildman–Crippen LogP) is 3.09. The Kier molecular flexibility index (Phi) is 3.15. The van der Waals surface area contributed by atoms with Crippen molar-refractivity contribution < 1.29 is 15.0 Å². The SMILES string of the molecule is O=C(c1cc(O)cc(O)c1)c1cccc(Br)c1. The third-order valence-corrected chi connectivity index (χ3v) is 2.74. The molecule has 2 aromatic rings. The smallest absolute Gasteiger partial charge is 0.193 e. The Morgan fingerprint density at radius 1 is 0.941 bits per heavy atom. The highest BCUT2D eigenvalue weighted by Gasteiger charge is 2.11. The van der Waals surface area contributed by atoms with Crippen LogP contribution in [0.2, 0.25) is 0 Å². The van der Waals surface area contributed by atoms with Gasteiger partial charge in [0.1, 0.15) is 11.5 Å². The summed E-state index contributed by atoms with van der Waals surface area (Å²) in [6.07, 6.45) is 0. The Balaban J connectivity index is 2.43. The van der Waals surface area contributed by atoms with Crippen LogP contribution >= 0.6 is 15.9 Å². The maximum atomic E-state index is 12.1. The van der Waals surface area contributed by atoms with Crippen molar-refractivity contribution in [2.24, 2.45) is 0 Å². The minimum atomic E-state index is -0.252. The Labute approximate surface area is 106 Å². The molecule has 17 heavy (non-hydrogen) atoms. The van der Waals surface area contributed by atoms with Crippen molar-refractivity contribution in [3.63, 3.8) is 0 Å². The van der Waals surface area contributed by atoms with Crippen molar-refractivity contribution in [1.82, 2.24) is 0 Å². The molecule has 0 unspecified atom stereocenters. The second kappa shape index (κ2) is 4.59. The number of phenolic OH excluding ortho intramolecular Hbond substituents is 2. The number of hydrogen-bond acceptors (Lipinski definition) is 3. The second-order valence-electron chi connectivity index (χ2n) is 3.58. The number of aromatic hydroxyl groups is 2. The van der Waals surface area contributed by atoms with Crippen molar-refractivity contribution in [2.45, 2.75) is 0 Å². The van der Waals surface area contributed by atoms with Crippen LogP contribution in [-0.4, -0.2) is 16.0 Å². The monoisotopic (exact) mass is 292 g/mol. The molecule has 0 aromatic heterocycles. The first-order valence-electron chi connectivity index (χ1n) is 4.89. The lowest BCUT2D eigenvalue weighted by Gasteiger charge is -2.03. The highest BCUT2D eigenvalue weighted by molar-refractivity contribution is 9.10. The molecule has 0 heterocycles. The molecule has 2 N–H and O–H groups in total. The molecule has 0 saturated carbocycles. The van der Waals surface area contributed by atoms with Crippen molar-refractivity contribution in [3.8, 4) is 11.5 Å². The first-order chi connectivity index (χ1) is 8.06. The summed E-state index contributed by atoms with van der Waals surface area (Å²) in [6, 6.07) is 10.7. The molecule has 2 rings (SSSR count). The third-order valence-electron chi connectivity index (χ3n) is 2.25. The Hall–Kier alpha value is -1.81. The fourth-order valence-corrected chi connectivity index (χ4v) is 1.92. The van der Waals surface area contributed by atoms with Crippen LogP contribution in [0.5, 0.6) is 11.5 Å². The average Bonchev–Trinajstić information content (AvgIpc) is 2.26. The lowest BCUT2D eigenvalue weighted by atomic mass is 10.0. The van der Waals surface area contributed by atoms with Crippen LogP contribution in [0.4, 0.5) is 0 Å². The van der Waals surface area contributed by atoms with E-state index >= 15 is 0 Å². The highest BCUT2D eigenvalue weighted by atomic mass is 79.9. The molecule has 0 aliphatic carbocycles. The molecular formula is C13H9BrO3. The zero-order chi connectivity index (χ0) is 12.4. The molecule has 86 valence electrons. The van der Waals surface area contributed by atoms with Gasteiger partial charge in [0, 0.05) is 21.7 Å². The fourth-order valence-electron chi connectivity index (χ4n) is 1.52. The summed E-state index contributed by atoms with van der Waals surface area (Å²) in [6.45, 7) is 0. The van der Waals surface area contributed by atoms with E-state index in [9.17, 15) is 15.0 Å². The summed E-state index contributed by atoms with van der Waals surface area (Å²) in [5.41, 5.74) is 0.741. The van der Waals surface area contributed by atoms with E-state index in [1.807, 2.05) is 6.07 Å². The second-order valence-corrected chi connectivity index (χ2v) is 4.49. The summed E-state index contributed by atoms with van der Waals surface area (Å²) in [7, 11) is 0. The first kappa shape index (κ1) is 11.7. The Morgan fingerprint density at radius 3 is 2.18 bits per heavy atom. The number of hydrogen-bond donors (Lipinski definition) is 2. The zero-order valence-electron chi connectivity index (χ0n) is 8.72. The van der Waals surface area contributed by atoms with Gasteiger partial charge in [0.25, 0.3) is 0 Å². The molecular weight excluding hydrogens is 284 g/mol. The number of benzene rings is 2. The van der Waals surface area contributed by atoms with Crippen molar-refractivity contribution in [1.29, 1.82) is 0 Å². The van der Waals surface area contributed by atoms with E-state index in [1.165, 1.54) is 18.2 Å². The molecule has 0 aliphatic rings. The number of halogens is 1. The molecule has 0 atom stereocenters. The Morgan fingerprint density at radius 2 is 1.59 bits per heavy atom. The van der Waals surface area contributed by atoms with E-state index in [2.05, 4.69) is 15.9 Å². The van der Waals surface area contributed by atoms with E-state index in [-0.39, 0.29) is 22.8 Å². The summed E-state index contributed by atoms with van der Waals surface area (Å²) >= 11 is 3.28. The van der Waals surface area contributed by atoms with Gasteiger partial charge in [-0.15, -0.1) is 0 Å². The molecule has 2 aromatic carbocycles. The van der Waals surface area contributed by atoms with Gasteiger partial charge in [0.15, 0.2) is 5.78 Å². The molecule has 0 amide bonds. The summed E-state index contributed by atoms with van der Waals surface area (Å²) in [5, 5.41) is 18.6. The number of rotatable bonds is 2. The van der Waals surface area contributed by atoms with Gasteiger partial charge >= 0.3 is 0 Å². The Bertz CT molecular complexity index is 558. The molecule has 0 bridgehead atoms. The topological polar surface area (TPSA) is 57.5 Å². The lowest BCUT2D eigenvalue weighted by molar-refractivity contribution is 0.103. The van der Waals surface area contributed by atoms with Gasteiger partial charge in [-0.05, 0) is 24.3 Å². The molecule has 3 nitrogen and oxygen atoms in total. The predicted molar refractivity (Wildman–Crippen MR) is 67.3 cm³/mol. The number of carbonyl (C=O) groups is 1. The van der Waals surface area contributed by atoms with Gasteiger partial charge in [-0.1, -0.05) is 28.1 Å². The zero-order valence-corrected chi connectivity index (χ0v) is 10.3. The molecule has 0 spiro atoms. The molecule has 4 heteroatoms. The van der Waals surface area contributed by atoms with E-state index in [4.69, 9.17) is 0 Å². The molecule has 0 saturated heterocycles. The van der Waals surface area contributed by atoms with Gasteiger partial charge in [-0.2, -0.15) is 0 Å². The van der Waals surface area contributed by atoms with Crippen LogP contribution < -0.4 is 0 Å². The van der Waals surface area contributed by atoms with Crippen LogP contribution in [0.25, 0.3) is 0 Å². The number of carbonyl (C=O) groups excluding carboxylic acids is 1. The van der Waals surface area contributed by atoms with E-state index in [0.717, 1.165) is 4.47 Å². The average molecular weight is 293 g/mol. The van der Waals surface area contributed by atoms with E-state index in [1.54, 1.807) is 18.2 Å². The van der Waals surface area contributed by atoms with Gasteiger partial charge < -0.3 is 10.2 Å². The third kappa shape index (κ3) is 2.65. The normalized spacial score (nSPS) is 10.2. The fraction of sp³-hybridized carbons (Fsp3) is 0. The van der Waals surface area contributed by atoms with Crippen LogP contribution in [0, 0.1) is 0 Å². The summed E-state index contributed by atoms with van der Waals surface area (Å²) in [4.78, 5) is 12.1. The maximum absolute atomic E-state index is 12.1. The van der Waals surface area contributed by atoms with Crippen molar-refractivity contribution in [2.75, 3.05) is 0 Å². The van der Waals surface area contributed by atoms with Crippen LogP contribution in [0.1, 0.15) is 15.9 Å². The molecule has 0 fully saturated rings. The minimum absolute atomic E-state index is 0.136. The van der Waals surface area contributed by atoms with Crippen molar-refractivity contribution in [3.05, 3.63) is 58.1 Å². The van der Waals surface area contributed by atoms with E-state index < -0.39 is 0 Å².